The summed E-state index contributed by atoms with van der Waals surface area (Å²) in [5, 5.41) is 9.97. The Morgan fingerprint density at radius 3 is 2.05 bits per heavy atom. The van der Waals surface area contributed by atoms with E-state index in [0.717, 1.165) is 12.1 Å². The highest BCUT2D eigenvalue weighted by Gasteiger charge is 2.30. The summed E-state index contributed by atoms with van der Waals surface area (Å²) >= 11 is 0. The first-order valence-corrected chi connectivity index (χ1v) is 6.95. The lowest BCUT2D eigenvalue weighted by molar-refractivity contribution is -0.137. The van der Waals surface area contributed by atoms with E-state index in [1.165, 1.54) is 24.5 Å². The molecule has 22 heavy (non-hydrogen) atoms. The number of rotatable bonds is 4. The zero-order valence-corrected chi connectivity index (χ0v) is 12.3. The van der Waals surface area contributed by atoms with Gasteiger partial charge in [0.1, 0.15) is 0 Å². The van der Waals surface area contributed by atoms with Gasteiger partial charge in [0, 0.05) is 23.5 Å². The van der Waals surface area contributed by atoms with Crippen molar-refractivity contribution in [3.63, 3.8) is 0 Å². The predicted molar refractivity (Wildman–Crippen MR) is 76.9 cm³/mol. The molecular weight excluding hydrogens is 293 g/mol. The van der Waals surface area contributed by atoms with Crippen LogP contribution in [0.5, 0.6) is 0 Å². The lowest BCUT2D eigenvalue weighted by atomic mass is 10.0. The smallest absolute Gasteiger partial charge is 0.388 e. The van der Waals surface area contributed by atoms with Crippen LogP contribution in [0.3, 0.4) is 0 Å². The van der Waals surface area contributed by atoms with Gasteiger partial charge in [-0.1, -0.05) is 26.0 Å². The number of alkyl halides is 3. The van der Waals surface area contributed by atoms with Crippen LogP contribution < -0.4 is 0 Å². The normalized spacial score (nSPS) is 13.4. The fourth-order valence-electron chi connectivity index (χ4n) is 2.05. The Labute approximate surface area is 126 Å². The molecule has 6 heteroatoms. The minimum Gasteiger partial charge on any atom is -0.388 e. The Hall–Kier alpha value is -1.95. The van der Waals surface area contributed by atoms with Crippen LogP contribution >= 0.6 is 0 Å². The van der Waals surface area contributed by atoms with Crippen molar-refractivity contribution in [1.82, 2.24) is 9.97 Å². The lowest BCUT2D eigenvalue weighted by Gasteiger charge is -2.13. The molecular formula is C16H17F3N2O. The van der Waals surface area contributed by atoms with E-state index in [2.05, 4.69) is 9.97 Å². The Bertz CT molecular complexity index is 607. The van der Waals surface area contributed by atoms with Gasteiger partial charge >= 0.3 is 6.18 Å². The van der Waals surface area contributed by atoms with Crippen molar-refractivity contribution >= 4 is 0 Å². The van der Waals surface area contributed by atoms with Crippen LogP contribution in [0.25, 0.3) is 11.4 Å². The number of halogens is 3. The first kappa shape index (κ1) is 16.4. The summed E-state index contributed by atoms with van der Waals surface area (Å²) in [6.07, 6.45) is -1.38. The molecule has 1 atom stereocenters. The molecule has 0 saturated carbocycles. The Kier molecular flexibility index (Phi) is 4.81. The standard InChI is InChI=1S/C16H17F3N2O/c1-10(2)7-14(22)12-8-20-15(21-9-12)11-3-5-13(6-4-11)16(17,18)19/h3-6,8-10,14,22H,7H2,1-2H3. The molecule has 0 aliphatic carbocycles. The van der Waals surface area contributed by atoms with Gasteiger partial charge in [-0.2, -0.15) is 13.2 Å². The molecule has 0 radical (unpaired) electrons. The topological polar surface area (TPSA) is 46.0 Å². The van der Waals surface area contributed by atoms with Crippen molar-refractivity contribution in [1.29, 1.82) is 0 Å². The van der Waals surface area contributed by atoms with Crippen LogP contribution in [-0.4, -0.2) is 15.1 Å². The first-order valence-electron chi connectivity index (χ1n) is 6.95. The van der Waals surface area contributed by atoms with Crippen molar-refractivity contribution in [3.8, 4) is 11.4 Å². The highest BCUT2D eigenvalue weighted by molar-refractivity contribution is 5.55. The Balaban J connectivity index is 2.17. The van der Waals surface area contributed by atoms with Crippen LogP contribution in [0, 0.1) is 5.92 Å². The highest BCUT2D eigenvalue weighted by atomic mass is 19.4. The van der Waals surface area contributed by atoms with Gasteiger partial charge in [0.2, 0.25) is 0 Å². The zero-order valence-electron chi connectivity index (χ0n) is 12.3. The highest BCUT2D eigenvalue weighted by Crippen LogP contribution is 2.30. The molecule has 1 heterocycles. The molecule has 118 valence electrons. The van der Waals surface area contributed by atoms with Gasteiger partial charge in [-0.3, -0.25) is 0 Å². The summed E-state index contributed by atoms with van der Waals surface area (Å²) in [6.45, 7) is 4.00. The SMILES string of the molecule is CC(C)CC(O)c1cnc(-c2ccc(C(F)(F)F)cc2)nc1. The van der Waals surface area contributed by atoms with Crippen molar-refractivity contribution in [3.05, 3.63) is 47.8 Å². The molecule has 0 spiro atoms. The zero-order chi connectivity index (χ0) is 16.3. The maximum atomic E-state index is 12.5. The van der Waals surface area contributed by atoms with Gasteiger partial charge < -0.3 is 5.11 Å². The van der Waals surface area contributed by atoms with E-state index in [9.17, 15) is 18.3 Å². The average molecular weight is 310 g/mol. The Morgan fingerprint density at radius 1 is 1.05 bits per heavy atom. The number of hydrogen-bond acceptors (Lipinski definition) is 3. The summed E-state index contributed by atoms with van der Waals surface area (Å²) in [5.74, 6) is 0.666. The number of aliphatic hydroxyl groups excluding tert-OH is 1. The molecule has 0 bridgehead atoms. The van der Waals surface area contributed by atoms with Crippen LogP contribution in [0.4, 0.5) is 13.2 Å². The summed E-state index contributed by atoms with van der Waals surface area (Å²) in [6, 6.07) is 4.67. The van der Waals surface area contributed by atoms with Gasteiger partial charge in [-0.25, -0.2) is 9.97 Å². The number of aliphatic hydroxyl groups is 1. The fourth-order valence-corrected chi connectivity index (χ4v) is 2.05. The number of nitrogens with zero attached hydrogens (tertiary/aromatic N) is 2. The molecule has 3 nitrogen and oxygen atoms in total. The summed E-state index contributed by atoms with van der Waals surface area (Å²) in [4.78, 5) is 8.23. The quantitative estimate of drug-likeness (QED) is 0.918. The molecule has 0 fully saturated rings. The molecule has 0 aliphatic heterocycles. The fraction of sp³-hybridized carbons (Fsp3) is 0.375. The number of hydrogen-bond donors (Lipinski definition) is 1. The molecule has 1 N–H and O–H groups in total. The van der Waals surface area contributed by atoms with Gasteiger partial charge in [-0.15, -0.1) is 0 Å². The summed E-state index contributed by atoms with van der Waals surface area (Å²) < 4.78 is 37.5. The molecule has 0 saturated heterocycles. The summed E-state index contributed by atoms with van der Waals surface area (Å²) in [7, 11) is 0. The van der Waals surface area contributed by atoms with Gasteiger partial charge in [-0.05, 0) is 24.5 Å². The van der Waals surface area contributed by atoms with E-state index in [-0.39, 0.29) is 0 Å². The van der Waals surface area contributed by atoms with Crippen molar-refractivity contribution in [2.45, 2.75) is 32.5 Å². The van der Waals surface area contributed by atoms with Gasteiger partial charge in [0.05, 0.1) is 11.7 Å². The molecule has 1 aromatic heterocycles. The van der Waals surface area contributed by atoms with Crippen molar-refractivity contribution in [2.75, 3.05) is 0 Å². The third-order valence-corrected chi connectivity index (χ3v) is 3.22. The maximum Gasteiger partial charge on any atom is 0.416 e. The lowest BCUT2D eigenvalue weighted by Crippen LogP contribution is -2.05. The van der Waals surface area contributed by atoms with E-state index in [4.69, 9.17) is 0 Å². The van der Waals surface area contributed by atoms with E-state index >= 15 is 0 Å². The first-order chi connectivity index (χ1) is 10.3. The second-order valence-corrected chi connectivity index (χ2v) is 5.56. The largest absolute Gasteiger partial charge is 0.416 e. The molecule has 1 unspecified atom stereocenters. The maximum absolute atomic E-state index is 12.5. The van der Waals surface area contributed by atoms with Crippen LogP contribution in [0.1, 0.15) is 37.5 Å². The van der Waals surface area contributed by atoms with Crippen molar-refractivity contribution in [2.24, 2.45) is 5.92 Å². The van der Waals surface area contributed by atoms with Crippen LogP contribution in [0.2, 0.25) is 0 Å². The van der Waals surface area contributed by atoms with E-state index < -0.39 is 17.8 Å². The van der Waals surface area contributed by atoms with E-state index in [1.807, 2.05) is 13.8 Å². The third kappa shape index (κ3) is 4.04. The molecule has 0 aliphatic rings. The van der Waals surface area contributed by atoms with Gasteiger partial charge in [0.15, 0.2) is 5.82 Å². The predicted octanol–water partition coefficient (Wildman–Crippen LogP) is 4.24. The number of benzene rings is 1. The monoisotopic (exact) mass is 310 g/mol. The summed E-state index contributed by atoms with van der Waals surface area (Å²) in [5.41, 5.74) is 0.391. The second kappa shape index (κ2) is 6.44. The average Bonchev–Trinajstić information content (AvgIpc) is 2.46. The third-order valence-electron chi connectivity index (χ3n) is 3.22. The van der Waals surface area contributed by atoms with Gasteiger partial charge in [0.25, 0.3) is 0 Å². The van der Waals surface area contributed by atoms with Crippen molar-refractivity contribution < 1.29 is 18.3 Å². The van der Waals surface area contributed by atoms with E-state index in [0.29, 0.717) is 29.3 Å². The molecule has 1 aromatic carbocycles. The second-order valence-electron chi connectivity index (χ2n) is 5.56. The minimum absolute atomic E-state index is 0.328. The molecule has 0 amide bonds. The minimum atomic E-state index is -4.36. The van der Waals surface area contributed by atoms with Crippen LogP contribution in [0.15, 0.2) is 36.7 Å². The molecule has 2 aromatic rings. The van der Waals surface area contributed by atoms with E-state index in [1.54, 1.807) is 0 Å². The van der Waals surface area contributed by atoms with Crippen LogP contribution in [-0.2, 0) is 6.18 Å². The Morgan fingerprint density at radius 2 is 1.59 bits per heavy atom. The molecule has 2 rings (SSSR count). The number of aromatic nitrogens is 2.